The molecular formula is C12H17NO3S. The molecule has 0 bridgehead atoms. The first-order chi connectivity index (χ1) is 8.15. The minimum atomic E-state index is -1.31. The monoisotopic (exact) mass is 255 g/mol. The van der Waals surface area contributed by atoms with Crippen LogP contribution in [0.2, 0.25) is 0 Å². The first-order valence-corrected chi connectivity index (χ1v) is 6.83. The summed E-state index contributed by atoms with van der Waals surface area (Å²) in [4.78, 5) is 11.6. The van der Waals surface area contributed by atoms with Crippen molar-refractivity contribution in [2.45, 2.75) is 18.7 Å². The molecule has 4 nitrogen and oxygen atoms in total. The Balaban J connectivity index is 2.42. The summed E-state index contributed by atoms with van der Waals surface area (Å²) in [7, 11) is -1.31. The maximum Gasteiger partial charge on any atom is 0.235 e. The standard InChI is InChI=1S/C12H17NO3S/c1-10(17(16)8-7-14)12(15)13-9-11-5-3-2-4-6-11/h2-6,10,14H,7-9H2,1H3,(H,13,15)/t10-,17+/m1/s1. The van der Waals surface area contributed by atoms with Crippen LogP contribution in [-0.2, 0) is 22.1 Å². The van der Waals surface area contributed by atoms with Crippen LogP contribution < -0.4 is 5.32 Å². The van der Waals surface area contributed by atoms with Gasteiger partial charge in [-0.3, -0.25) is 9.00 Å². The number of hydrogen-bond acceptors (Lipinski definition) is 3. The van der Waals surface area contributed by atoms with Crippen LogP contribution in [0.4, 0.5) is 0 Å². The second-order valence-electron chi connectivity index (χ2n) is 3.65. The minimum Gasteiger partial charge on any atom is -0.395 e. The summed E-state index contributed by atoms with van der Waals surface area (Å²) in [5.74, 6) is -0.111. The topological polar surface area (TPSA) is 66.4 Å². The van der Waals surface area contributed by atoms with E-state index in [2.05, 4.69) is 5.32 Å². The summed E-state index contributed by atoms with van der Waals surface area (Å²) in [6.07, 6.45) is 0. The van der Waals surface area contributed by atoms with Crippen molar-refractivity contribution in [3.8, 4) is 0 Å². The van der Waals surface area contributed by atoms with Gasteiger partial charge in [-0.2, -0.15) is 0 Å². The Labute approximate surface area is 104 Å². The third kappa shape index (κ3) is 4.66. The van der Waals surface area contributed by atoms with Crippen LogP contribution in [0.3, 0.4) is 0 Å². The molecule has 17 heavy (non-hydrogen) atoms. The van der Waals surface area contributed by atoms with Gasteiger partial charge in [0.05, 0.1) is 6.61 Å². The number of carbonyl (C=O) groups is 1. The molecule has 94 valence electrons. The van der Waals surface area contributed by atoms with Gasteiger partial charge in [-0.05, 0) is 12.5 Å². The lowest BCUT2D eigenvalue weighted by Crippen LogP contribution is -2.36. The molecule has 1 aromatic carbocycles. The predicted octanol–water partition coefficient (Wildman–Crippen LogP) is 0.432. The van der Waals surface area contributed by atoms with Gasteiger partial charge in [-0.1, -0.05) is 30.3 Å². The lowest BCUT2D eigenvalue weighted by molar-refractivity contribution is -0.120. The van der Waals surface area contributed by atoms with Crippen molar-refractivity contribution in [1.29, 1.82) is 0 Å². The quantitative estimate of drug-likeness (QED) is 0.775. The molecule has 5 heteroatoms. The van der Waals surface area contributed by atoms with Crippen LogP contribution in [0.1, 0.15) is 12.5 Å². The third-order valence-electron chi connectivity index (χ3n) is 2.37. The van der Waals surface area contributed by atoms with Gasteiger partial charge in [-0.25, -0.2) is 0 Å². The van der Waals surface area contributed by atoms with Gasteiger partial charge < -0.3 is 10.4 Å². The number of amides is 1. The molecule has 0 aliphatic carbocycles. The fourth-order valence-electron chi connectivity index (χ4n) is 1.31. The first-order valence-electron chi connectivity index (χ1n) is 5.45. The van der Waals surface area contributed by atoms with E-state index < -0.39 is 16.0 Å². The molecule has 0 saturated carbocycles. The number of benzene rings is 1. The number of nitrogens with one attached hydrogen (secondary N) is 1. The Morgan fingerprint density at radius 2 is 2.06 bits per heavy atom. The summed E-state index contributed by atoms with van der Waals surface area (Å²) in [5, 5.41) is 10.8. The summed E-state index contributed by atoms with van der Waals surface area (Å²) in [6.45, 7) is 1.87. The fourth-order valence-corrected chi connectivity index (χ4v) is 2.17. The lowest BCUT2D eigenvalue weighted by atomic mass is 10.2. The molecule has 0 saturated heterocycles. The molecule has 0 radical (unpaired) electrons. The number of aliphatic hydroxyl groups excluding tert-OH is 1. The summed E-state index contributed by atoms with van der Waals surface area (Å²) < 4.78 is 11.5. The van der Waals surface area contributed by atoms with Gasteiger partial charge >= 0.3 is 0 Å². The molecular weight excluding hydrogens is 238 g/mol. The van der Waals surface area contributed by atoms with Crippen molar-refractivity contribution in [3.05, 3.63) is 35.9 Å². The van der Waals surface area contributed by atoms with Crippen molar-refractivity contribution in [2.75, 3.05) is 12.4 Å². The smallest absolute Gasteiger partial charge is 0.235 e. The normalized spacial score (nSPS) is 14.0. The van der Waals surface area contributed by atoms with Gasteiger partial charge in [0, 0.05) is 23.1 Å². The SMILES string of the molecule is C[C@H](C(=O)NCc1ccccc1)[S@@](=O)CCO. The van der Waals surface area contributed by atoms with Gasteiger partial charge in [0.1, 0.15) is 5.25 Å². The molecule has 0 unspecified atom stereocenters. The highest BCUT2D eigenvalue weighted by atomic mass is 32.2. The van der Waals surface area contributed by atoms with E-state index >= 15 is 0 Å². The molecule has 1 aromatic rings. The molecule has 0 spiro atoms. The maximum atomic E-state index is 11.6. The van der Waals surface area contributed by atoms with Crippen LogP contribution in [0.5, 0.6) is 0 Å². The zero-order chi connectivity index (χ0) is 12.7. The van der Waals surface area contributed by atoms with E-state index in [1.54, 1.807) is 6.92 Å². The third-order valence-corrected chi connectivity index (χ3v) is 3.95. The average molecular weight is 255 g/mol. The highest BCUT2D eigenvalue weighted by molar-refractivity contribution is 7.86. The number of aliphatic hydroxyl groups is 1. The van der Waals surface area contributed by atoms with Crippen LogP contribution in [0.15, 0.2) is 30.3 Å². The Kier molecular flexibility index (Phi) is 5.86. The second kappa shape index (κ2) is 7.19. The van der Waals surface area contributed by atoms with Crippen molar-refractivity contribution in [1.82, 2.24) is 5.32 Å². The second-order valence-corrected chi connectivity index (χ2v) is 5.53. The zero-order valence-corrected chi connectivity index (χ0v) is 10.6. The average Bonchev–Trinajstić information content (AvgIpc) is 2.36. The Morgan fingerprint density at radius 1 is 1.41 bits per heavy atom. The van der Waals surface area contributed by atoms with Gasteiger partial charge in [0.15, 0.2) is 0 Å². The Bertz CT molecular complexity index is 381. The Morgan fingerprint density at radius 3 is 2.65 bits per heavy atom. The number of carbonyl (C=O) groups excluding carboxylic acids is 1. The highest BCUT2D eigenvalue weighted by Crippen LogP contribution is 2.00. The zero-order valence-electron chi connectivity index (χ0n) is 9.76. The van der Waals surface area contributed by atoms with Crippen molar-refractivity contribution < 1.29 is 14.1 Å². The van der Waals surface area contributed by atoms with E-state index in [-0.39, 0.29) is 18.3 Å². The van der Waals surface area contributed by atoms with Crippen molar-refractivity contribution in [2.24, 2.45) is 0 Å². The highest BCUT2D eigenvalue weighted by Gasteiger charge is 2.18. The summed E-state index contributed by atoms with van der Waals surface area (Å²) in [6, 6.07) is 9.53. The molecule has 1 rings (SSSR count). The molecule has 0 aliphatic rings. The fraction of sp³-hybridized carbons (Fsp3) is 0.417. The van der Waals surface area contributed by atoms with E-state index in [0.717, 1.165) is 5.56 Å². The molecule has 0 aromatic heterocycles. The first kappa shape index (κ1) is 13.9. The van der Waals surface area contributed by atoms with E-state index in [0.29, 0.717) is 6.54 Å². The summed E-state index contributed by atoms with van der Waals surface area (Å²) in [5.41, 5.74) is 1.00. The molecule has 0 heterocycles. The van der Waals surface area contributed by atoms with Crippen LogP contribution in [0, 0.1) is 0 Å². The largest absolute Gasteiger partial charge is 0.395 e. The van der Waals surface area contributed by atoms with Crippen LogP contribution >= 0.6 is 0 Å². The summed E-state index contributed by atoms with van der Waals surface area (Å²) >= 11 is 0. The van der Waals surface area contributed by atoms with E-state index in [9.17, 15) is 9.00 Å². The van der Waals surface area contributed by atoms with E-state index in [1.165, 1.54) is 0 Å². The van der Waals surface area contributed by atoms with Crippen molar-refractivity contribution in [3.63, 3.8) is 0 Å². The molecule has 2 N–H and O–H groups in total. The van der Waals surface area contributed by atoms with Gasteiger partial charge in [-0.15, -0.1) is 0 Å². The van der Waals surface area contributed by atoms with E-state index in [1.807, 2.05) is 30.3 Å². The van der Waals surface area contributed by atoms with Crippen LogP contribution in [0.25, 0.3) is 0 Å². The maximum absolute atomic E-state index is 11.6. The molecule has 0 fully saturated rings. The minimum absolute atomic E-state index is 0.139. The van der Waals surface area contributed by atoms with Crippen molar-refractivity contribution >= 4 is 16.7 Å². The number of rotatable bonds is 6. The number of hydrogen-bond donors (Lipinski definition) is 2. The Hall–Kier alpha value is -1.20. The molecule has 1 amide bonds. The predicted molar refractivity (Wildman–Crippen MR) is 67.8 cm³/mol. The molecule has 2 atom stereocenters. The van der Waals surface area contributed by atoms with Crippen LogP contribution in [-0.4, -0.2) is 32.8 Å². The lowest BCUT2D eigenvalue weighted by Gasteiger charge is -2.11. The van der Waals surface area contributed by atoms with Gasteiger partial charge in [0.2, 0.25) is 5.91 Å². The molecule has 0 aliphatic heterocycles. The van der Waals surface area contributed by atoms with Gasteiger partial charge in [0.25, 0.3) is 0 Å². The van der Waals surface area contributed by atoms with E-state index in [4.69, 9.17) is 5.11 Å².